The summed E-state index contributed by atoms with van der Waals surface area (Å²) in [5.41, 5.74) is -1.12. The van der Waals surface area contributed by atoms with Crippen molar-refractivity contribution in [3.05, 3.63) is 0 Å². The molecule has 0 saturated heterocycles. The van der Waals surface area contributed by atoms with Crippen molar-refractivity contribution in [1.82, 2.24) is 0 Å². The van der Waals surface area contributed by atoms with Crippen molar-refractivity contribution in [2.45, 2.75) is 78.1 Å². The molecule has 126 valence electrons. The van der Waals surface area contributed by atoms with Crippen LogP contribution in [0.25, 0.3) is 0 Å². The summed E-state index contributed by atoms with van der Waals surface area (Å²) in [4.78, 5) is 11.3. The molecule has 21 heavy (non-hydrogen) atoms. The Morgan fingerprint density at radius 1 is 1.10 bits per heavy atom. The average molecular weight is 304 g/mol. The van der Waals surface area contributed by atoms with Crippen LogP contribution in [-0.4, -0.2) is 42.8 Å². The Balaban J connectivity index is 4.74. The smallest absolute Gasteiger partial charge is 0.305 e. The van der Waals surface area contributed by atoms with Crippen molar-refractivity contribution >= 4 is 5.97 Å². The summed E-state index contributed by atoms with van der Waals surface area (Å²) >= 11 is 0. The highest BCUT2D eigenvalue weighted by Gasteiger charge is 2.39. The van der Waals surface area contributed by atoms with E-state index in [9.17, 15) is 9.90 Å². The van der Waals surface area contributed by atoms with Gasteiger partial charge in [0.2, 0.25) is 6.29 Å². The van der Waals surface area contributed by atoms with Crippen LogP contribution in [0.5, 0.6) is 0 Å². The van der Waals surface area contributed by atoms with Crippen LogP contribution in [0, 0.1) is 0 Å². The van der Waals surface area contributed by atoms with Crippen LogP contribution in [0.15, 0.2) is 0 Å². The molecule has 0 saturated carbocycles. The van der Waals surface area contributed by atoms with Gasteiger partial charge in [0, 0.05) is 13.5 Å². The molecule has 5 heteroatoms. The number of carbonyl (C=O) groups excluding carboxylic acids is 1. The minimum Gasteiger partial charge on any atom is -0.433 e. The lowest BCUT2D eigenvalue weighted by atomic mass is 9.90. The summed E-state index contributed by atoms with van der Waals surface area (Å²) < 4.78 is 16.0. The van der Waals surface area contributed by atoms with Gasteiger partial charge in [0.25, 0.3) is 0 Å². The number of aliphatic hydroxyl groups is 1. The second kappa shape index (κ2) is 12.0. The number of unbranched alkanes of at least 4 members (excludes halogenated alkanes) is 2. The minimum atomic E-state index is -1.12. The molecule has 0 aliphatic heterocycles. The van der Waals surface area contributed by atoms with Gasteiger partial charge in [-0.3, -0.25) is 4.79 Å². The first-order valence-corrected chi connectivity index (χ1v) is 8.09. The SMILES string of the molecule is CCCCC(O)(CCCC)C(OCCOCC)OC(C)=O. The highest BCUT2D eigenvalue weighted by molar-refractivity contribution is 5.66. The molecule has 1 unspecified atom stereocenters. The van der Waals surface area contributed by atoms with E-state index in [2.05, 4.69) is 13.8 Å². The van der Waals surface area contributed by atoms with Gasteiger partial charge in [0.15, 0.2) is 0 Å². The number of ether oxygens (including phenoxy) is 3. The highest BCUT2D eigenvalue weighted by Crippen LogP contribution is 2.28. The first-order valence-electron chi connectivity index (χ1n) is 8.09. The molecule has 0 radical (unpaired) electrons. The molecule has 0 aliphatic carbocycles. The molecule has 0 aromatic carbocycles. The predicted molar refractivity (Wildman–Crippen MR) is 82.0 cm³/mol. The summed E-state index contributed by atoms with van der Waals surface area (Å²) in [6.07, 6.45) is 3.89. The maximum absolute atomic E-state index is 11.3. The lowest BCUT2D eigenvalue weighted by Gasteiger charge is -2.35. The van der Waals surface area contributed by atoms with E-state index in [-0.39, 0.29) is 0 Å². The molecule has 0 rings (SSSR count). The van der Waals surface area contributed by atoms with E-state index in [1.807, 2.05) is 6.92 Å². The third-order valence-corrected chi connectivity index (χ3v) is 3.34. The molecule has 0 aliphatic rings. The number of hydrogen-bond donors (Lipinski definition) is 1. The van der Waals surface area contributed by atoms with Crippen molar-refractivity contribution in [2.75, 3.05) is 19.8 Å². The van der Waals surface area contributed by atoms with Crippen LogP contribution in [0.4, 0.5) is 0 Å². The first-order chi connectivity index (χ1) is 10.00. The Kier molecular flexibility index (Phi) is 11.6. The molecule has 0 heterocycles. The second-order valence-electron chi connectivity index (χ2n) is 5.32. The molecular weight excluding hydrogens is 272 g/mol. The monoisotopic (exact) mass is 304 g/mol. The van der Waals surface area contributed by atoms with Crippen molar-refractivity contribution in [2.24, 2.45) is 0 Å². The van der Waals surface area contributed by atoms with Gasteiger partial charge in [-0.1, -0.05) is 39.5 Å². The molecule has 0 fully saturated rings. The number of rotatable bonds is 13. The zero-order chi connectivity index (χ0) is 16.1. The molecule has 0 aromatic rings. The fourth-order valence-electron chi connectivity index (χ4n) is 2.13. The van der Waals surface area contributed by atoms with E-state index < -0.39 is 17.9 Å². The molecule has 1 atom stereocenters. The first kappa shape index (κ1) is 20.3. The summed E-state index contributed by atoms with van der Waals surface area (Å²) in [6, 6.07) is 0. The van der Waals surface area contributed by atoms with Crippen molar-refractivity contribution < 1.29 is 24.1 Å². The Hall–Kier alpha value is -0.650. The zero-order valence-corrected chi connectivity index (χ0v) is 14.0. The summed E-state index contributed by atoms with van der Waals surface area (Å²) in [6.45, 7) is 8.70. The largest absolute Gasteiger partial charge is 0.433 e. The molecular formula is C16H32O5. The van der Waals surface area contributed by atoms with Gasteiger partial charge in [-0.15, -0.1) is 0 Å². The summed E-state index contributed by atoms with van der Waals surface area (Å²) in [7, 11) is 0. The fraction of sp³-hybridized carbons (Fsp3) is 0.938. The van der Waals surface area contributed by atoms with E-state index in [0.717, 1.165) is 25.7 Å². The van der Waals surface area contributed by atoms with Crippen LogP contribution in [0.3, 0.4) is 0 Å². The molecule has 0 aromatic heterocycles. The van der Waals surface area contributed by atoms with Crippen LogP contribution in [-0.2, 0) is 19.0 Å². The number of carbonyl (C=O) groups is 1. The number of hydrogen-bond acceptors (Lipinski definition) is 5. The fourth-order valence-corrected chi connectivity index (χ4v) is 2.13. The third-order valence-electron chi connectivity index (χ3n) is 3.34. The van der Waals surface area contributed by atoms with Gasteiger partial charge >= 0.3 is 5.97 Å². The van der Waals surface area contributed by atoms with E-state index in [1.165, 1.54) is 6.92 Å². The topological polar surface area (TPSA) is 65.0 Å². The maximum atomic E-state index is 11.3. The van der Waals surface area contributed by atoms with Crippen LogP contribution >= 0.6 is 0 Å². The second-order valence-corrected chi connectivity index (χ2v) is 5.32. The van der Waals surface area contributed by atoms with Crippen molar-refractivity contribution in [3.63, 3.8) is 0 Å². The lowest BCUT2D eigenvalue weighted by Crippen LogP contribution is -2.47. The van der Waals surface area contributed by atoms with Gasteiger partial charge < -0.3 is 19.3 Å². The van der Waals surface area contributed by atoms with Gasteiger partial charge in [0.1, 0.15) is 5.60 Å². The van der Waals surface area contributed by atoms with Gasteiger partial charge in [-0.05, 0) is 19.8 Å². The molecule has 1 N–H and O–H groups in total. The Bertz CT molecular complexity index is 259. The van der Waals surface area contributed by atoms with Crippen LogP contribution in [0.2, 0.25) is 0 Å². The zero-order valence-electron chi connectivity index (χ0n) is 14.0. The van der Waals surface area contributed by atoms with Gasteiger partial charge in [0.05, 0.1) is 13.2 Å². The molecule has 5 nitrogen and oxygen atoms in total. The third kappa shape index (κ3) is 9.06. The Labute approximate surface area is 129 Å². The quantitative estimate of drug-likeness (QED) is 0.322. The minimum absolute atomic E-state index is 0.298. The van der Waals surface area contributed by atoms with Crippen LogP contribution in [0.1, 0.15) is 66.2 Å². The van der Waals surface area contributed by atoms with Gasteiger partial charge in [-0.2, -0.15) is 0 Å². The van der Waals surface area contributed by atoms with Crippen molar-refractivity contribution in [3.8, 4) is 0 Å². The molecule has 0 bridgehead atoms. The van der Waals surface area contributed by atoms with E-state index in [0.29, 0.717) is 32.7 Å². The highest BCUT2D eigenvalue weighted by atomic mass is 16.7. The summed E-state index contributed by atoms with van der Waals surface area (Å²) in [5, 5.41) is 10.9. The lowest BCUT2D eigenvalue weighted by molar-refractivity contribution is -0.240. The standard InChI is InChI=1S/C16H32O5/c1-5-8-10-16(18,11-9-6-2)15(21-14(4)17)20-13-12-19-7-3/h15,18H,5-13H2,1-4H3. The molecule has 0 amide bonds. The van der Waals surface area contributed by atoms with E-state index in [1.54, 1.807) is 0 Å². The Morgan fingerprint density at radius 2 is 1.67 bits per heavy atom. The van der Waals surface area contributed by atoms with E-state index >= 15 is 0 Å². The normalized spacial score (nSPS) is 13.2. The van der Waals surface area contributed by atoms with E-state index in [4.69, 9.17) is 14.2 Å². The van der Waals surface area contributed by atoms with Crippen LogP contribution < -0.4 is 0 Å². The Morgan fingerprint density at radius 3 is 2.10 bits per heavy atom. The summed E-state index contributed by atoms with van der Waals surface area (Å²) in [5.74, 6) is -0.442. The molecule has 0 spiro atoms. The van der Waals surface area contributed by atoms with Crippen molar-refractivity contribution in [1.29, 1.82) is 0 Å². The van der Waals surface area contributed by atoms with Gasteiger partial charge in [-0.25, -0.2) is 0 Å². The maximum Gasteiger partial charge on any atom is 0.305 e. The number of esters is 1. The average Bonchev–Trinajstić information content (AvgIpc) is 2.45. The predicted octanol–water partition coefficient (Wildman–Crippen LogP) is 3.04.